The monoisotopic (exact) mass is 765 g/mol. The zero-order chi connectivity index (χ0) is 29.9. The SMILES string of the molecule is Cc1cc(C)c2c3c1Oc1ccc(Oc4ccccn4)[c-]c1B3c1[c-]c(-c3cc(-c4c(C)cccc4C)ccn3)ccc1O2.[Pt+2]. The number of ether oxygens (including phenoxy) is 3. The third-order valence-electron chi connectivity index (χ3n) is 8.43. The van der Waals surface area contributed by atoms with E-state index < -0.39 is 0 Å². The van der Waals surface area contributed by atoms with Crippen LogP contribution in [0, 0.1) is 39.8 Å². The van der Waals surface area contributed by atoms with Gasteiger partial charge in [-0.15, -0.1) is 52.9 Å². The summed E-state index contributed by atoms with van der Waals surface area (Å²) in [6.07, 6.45) is 3.58. The molecular weight excluding hydrogens is 738 g/mol. The molecule has 0 bridgehead atoms. The Hall–Kier alpha value is -4.67. The summed E-state index contributed by atoms with van der Waals surface area (Å²) in [7, 11) is 0. The Balaban J connectivity index is 0.00000325. The molecule has 0 aliphatic carbocycles. The van der Waals surface area contributed by atoms with Crippen molar-refractivity contribution in [2.75, 3.05) is 0 Å². The van der Waals surface area contributed by atoms with Crippen LogP contribution in [0.1, 0.15) is 22.3 Å². The average Bonchev–Trinajstić information content (AvgIpc) is 3.03. The molecule has 0 unspecified atom stereocenters. The maximum Gasteiger partial charge on any atom is 2.00 e. The van der Waals surface area contributed by atoms with Crippen LogP contribution in [0.25, 0.3) is 22.4 Å². The Labute approximate surface area is 277 Å². The van der Waals surface area contributed by atoms with Crippen molar-refractivity contribution in [2.45, 2.75) is 27.7 Å². The molecule has 7 heteroatoms. The average molecular weight is 766 g/mol. The molecule has 0 saturated heterocycles. The van der Waals surface area contributed by atoms with E-state index in [2.05, 4.69) is 81.2 Å². The number of hydrogen-bond acceptors (Lipinski definition) is 5. The summed E-state index contributed by atoms with van der Waals surface area (Å²) >= 11 is 0. The summed E-state index contributed by atoms with van der Waals surface area (Å²) in [6.45, 7) is 8.22. The van der Waals surface area contributed by atoms with Crippen LogP contribution in [0.3, 0.4) is 0 Å². The Morgan fingerprint density at radius 2 is 1.38 bits per heavy atom. The molecule has 0 amide bonds. The van der Waals surface area contributed by atoms with E-state index in [1.165, 1.54) is 16.7 Å². The Bertz CT molecular complexity index is 2080. The van der Waals surface area contributed by atoms with Gasteiger partial charge in [0.1, 0.15) is 11.5 Å². The first-order valence-electron chi connectivity index (χ1n) is 14.7. The number of aromatic nitrogens is 2. The first-order valence-corrected chi connectivity index (χ1v) is 14.7. The number of pyridine rings is 2. The molecular formula is C38H27BN2O3Pt. The van der Waals surface area contributed by atoms with Crippen molar-refractivity contribution >= 4 is 23.1 Å². The van der Waals surface area contributed by atoms with Crippen LogP contribution >= 0.6 is 0 Å². The van der Waals surface area contributed by atoms with Gasteiger partial charge in [-0.2, -0.15) is 0 Å². The second-order valence-corrected chi connectivity index (χ2v) is 11.4. The van der Waals surface area contributed by atoms with Crippen molar-refractivity contribution in [3.63, 3.8) is 0 Å². The predicted molar refractivity (Wildman–Crippen MR) is 174 cm³/mol. The quantitative estimate of drug-likeness (QED) is 0.141. The summed E-state index contributed by atoms with van der Waals surface area (Å²) in [5.74, 6) is 4.18. The topological polar surface area (TPSA) is 53.5 Å². The molecule has 5 nitrogen and oxygen atoms in total. The minimum Gasteiger partial charge on any atom is -0.517 e. The first-order chi connectivity index (χ1) is 21.4. The van der Waals surface area contributed by atoms with Gasteiger partial charge >= 0.3 is 21.1 Å². The van der Waals surface area contributed by atoms with E-state index in [9.17, 15) is 0 Å². The minimum absolute atomic E-state index is 0. The predicted octanol–water partition coefficient (Wildman–Crippen LogP) is 7.16. The minimum atomic E-state index is -0.222. The van der Waals surface area contributed by atoms with Gasteiger partial charge in [-0.05, 0) is 85.0 Å². The molecule has 45 heavy (non-hydrogen) atoms. The zero-order valence-corrected chi connectivity index (χ0v) is 27.4. The van der Waals surface area contributed by atoms with Crippen LogP contribution < -0.4 is 30.6 Å². The molecule has 0 saturated carbocycles. The third-order valence-corrected chi connectivity index (χ3v) is 8.43. The van der Waals surface area contributed by atoms with Crippen molar-refractivity contribution in [2.24, 2.45) is 0 Å². The van der Waals surface area contributed by atoms with Gasteiger partial charge in [-0.1, -0.05) is 30.3 Å². The fraction of sp³-hybridized carbons (Fsp3) is 0.105. The van der Waals surface area contributed by atoms with Gasteiger partial charge in [0, 0.05) is 41.2 Å². The Morgan fingerprint density at radius 3 is 2.09 bits per heavy atom. The fourth-order valence-corrected chi connectivity index (χ4v) is 6.48. The van der Waals surface area contributed by atoms with Gasteiger partial charge in [-0.25, -0.2) is 4.98 Å². The van der Waals surface area contributed by atoms with Gasteiger partial charge in [0.2, 0.25) is 12.6 Å². The molecule has 0 spiro atoms. The molecule has 2 aliphatic rings. The number of hydrogen-bond donors (Lipinski definition) is 0. The van der Waals surface area contributed by atoms with E-state index in [1.807, 2.05) is 48.7 Å². The maximum atomic E-state index is 6.58. The molecule has 0 fully saturated rings. The van der Waals surface area contributed by atoms with Gasteiger partial charge in [-0.3, -0.25) is 0 Å². The molecule has 4 aromatic carbocycles. The van der Waals surface area contributed by atoms with Crippen LogP contribution in [0.2, 0.25) is 0 Å². The molecule has 4 heterocycles. The van der Waals surface area contributed by atoms with Crippen LogP contribution in [0.15, 0.2) is 91.3 Å². The number of nitrogens with zero attached hydrogens (tertiary/aromatic N) is 2. The van der Waals surface area contributed by atoms with Crippen LogP contribution in [0.5, 0.6) is 34.6 Å². The Morgan fingerprint density at radius 1 is 0.667 bits per heavy atom. The summed E-state index contributed by atoms with van der Waals surface area (Å²) in [6, 6.07) is 33.4. The molecule has 0 radical (unpaired) electrons. The van der Waals surface area contributed by atoms with Gasteiger partial charge in [0.15, 0.2) is 0 Å². The van der Waals surface area contributed by atoms with Crippen molar-refractivity contribution in [3.8, 4) is 57.0 Å². The number of benzene rings is 4. The van der Waals surface area contributed by atoms with E-state index >= 15 is 0 Å². The summed E-state index contributed by atoms with van der Waals surface area (Å²) in [5.41, 5.74) is 11.4. The molecule has 2 aromatic heterocycles. The molecule has 6 aromatic rings. The molecule has 0 N–H and O–H groups in total. The zero-order valence-electron chi connectivity index (χ0n) is 25.2. The molecule has 220 valence electrons. The second kappa shape index (κ2) is 11.4. The van der Waals surface area contributed by atoms with Crippen LogP contribution in [0.4, 0.5) is 0 Å². The maximum absolute atomic E-state index is 6.58. The first kappa shape index (κ1) is 29.1. The summed E-state index contributed by atoms with van der Waals surface area (Å²) in [4.78, 5) is 9.10. The van der Waals surface area contributed by atoms with Crippen LogP contribution in [-0.2, 0) is 21.1 Å². The van der Waals surface area contributed by atoms with Crippen molar-refractivity contribution in [3.05, 3.63) is 126 Å². The largest absolute Gasteiger partial charge is 2.00 e. The standard InChI is InChI=1S/C38H27BN2O3.Pt/c1-22-8-7-9-23(2)35(22)27-15-17-40-31(20-27)26-11-13-32-29(19-26)39-30-21-28(42-34-10-5-6-16-41-34)12-14-33(30)44-38-25(4)18-24(3)37(43-32)36(38)39;/h5-18,20H,1-4H3;/q-2;+2. The summed E-state index contributed by atoms with van der Waals surface area (Å²) in [5, 5.41) is 0. The second-order valence-electron chi connectivity index (χ2n) is 11.4. The van der Waals surface area contributed by atoms with E-state index in [1.54, 1.807) is 6.20 Å². The van der Waals surface area contributed by atoms with E-state index in [-0.39, 0.29) is 27.8 Å². The van der Waals surface area contributed by atoms with Gasteiger partial charge in [0.05, 0.1) is 0 Å². The van der Waals surface area contributed by atoms with Gasteiger partial charge in [0.25, 0.3) is 0 Å². The Kier molecular flexibility index (Phi) is 7.34. The normalized spacial score (nSPS) is 12.1. The van der Waals surface area contributed by atoms with Gasteiger partial charge < -0.3 is 19.2 Å². The van der Waals surface area contributed by atoms with Crippen LogP contribution in [-0.4, -0.2) is 16.7 Å². The van der Waals surface area contributed by atoms with Crippen molar-refractivity contribution in [1.29, 1.82) is 0 Å². The number of aryl methyl sites for hydroxylation is 4. The van der Waals surface area contributed by atoms with Crippen molar-refractivity contribution in [1.82, 2.24) is 9.97 Å². The smallest absolute Gasteiger partial charge is 0.517 e. The molecule has 2 aliphatic heterocycles. The molecule has 8 rings (SSSR count). The van der Waals surface area contributed by atoms with Crippen molar-refractivity contribution < 1.29 is 35.3 Å². The third kappa shape index (κ3) is 4.94. The van der Waals surface area contributed by atoms with E-state index in [0.717, 1.165) is 67.3 Å². The molecule has 0 atom stereocenters. The number of rotatable bonds is 4. The summed E-state index contributed by atoms with van der Waals surface area (Å²) < 4.78 is 19.2. The van der Waals surface area contributed by atoms with E-state index in [4.69, 9.17) is 19.2 Å². The van der Waals surface area contributed by atoms with E-state index in [0.29, 0.717) is 11.6 Å². The fourth-order valence-electron chi connectivity index (χ4n) is 6.48. The number of fused-ring (bicyclic) bond motifs is 4.